The number of rotatable bonds is 6. The van der Waals surface area contributed by atoms with E-state index in [0.717, 1.165) is 18.1 Å². The second-order valence-corrected chi connectivity index (χ2v) is 6.82. The van der Waals surface area contributed by atoms with E-state index in [1.165, 1.54) is 0 Å². The van der Waals surface area contributed by atoms with Crippen molar-refractivity contribution in [3.05, 3.63) is 35.4 Å². The first-order valence-electron chi connectivity index (χ1n) is 6.76. The number of nitrogens with two attached hydrogens (primary N) is 1. The monoisotopic (exact) mass is 308 g/mol. The van der Waals surface area contributed by atoms with Crippen LogP contribution in [0.2, 0.25) is 0 Å². The Morgan fingerprint density at radius 2 is 1.90 bits per heavy atom. The van der Waals surface area contributed by atoms with Gasteiger partial charge in [0.05, 0.1) is 0 Å². The maximum atomic E-state index is 11.0. The van der Waals surface area contributed by atoms with Crippen molar-refractivity contribution in [2.75, 3.05) is 19.8 Å². The summed E-state index contributed by atoms with van der Waals surface area (Å²) in [6, 6.07) is 7.22. The van der Waals surface area contributed by atoms with Crippen molar-refractivity contribution in [3.8, 4) is 0 Å². The normalized spacial score (nSPS) is 12.1. The number of nitrogens with one attached hydrogen (secondary N) is 2. The molecule has 116 valence electrons. The summed E-state index contributed by atoms with van der Waals surface area (Å²) in [7, 11) is 1.75. The van der Waals surface area contributed by atoms with E-state index in [9.17, 15) is 4.79 Å². The molecule has 0 saturated heterocycles. The predicted molar refractivity (Wildman–Crippen MR) is 90.8 cm³/mol. The van der Waals surface area contributed by atoms with Gasteiger partial charge >= 0.3 is 0 Å². The Morgan fingerprint density at radius 1 is 1.29 bits per heavy atom. The highest BCUT2D eigenvalue weighted by molar-refractivity contribution is 7.99. The number of guanidine groups is 1. The molecule has 0 fully saturated rings. The van der Waals surface area contributed by atoms with Gasteiger partial charge in [0, 0.05) is 30.4 Å². The molecule has 0 aliphatic carbocycles. The van der Waals surface area contributed by atoms with Gasteiger partial charge < -0.3 is 16.4 Å². The van der Waals surface area contributed by atoms with Crippen molar-refractivity contribution >= 4 is 23.6 Å². The summed E-state index contributed by atoms with van der Waals surface area (Å²) in [5.41, 5.74) is 6.79. The summed E-state index contributed by atoms with van der Waals surface area (Å²) in [6.07, 6.45) is 2.10. The molecule has 4 N–H and O–H groups in total. The van der Waals surface area contributed by atoms with Gasteiger partial charge in [-0.15, -0.1) is 0 Å². The highest BCUT2D eigenvalue weighted by atomic mass is 32.2. The molecule has 0 unspecified atom stereocenters. The second-order valence-electron chi connectivity index (χ2n) is 5.30. The molecule has 1 aromatic rings. The number of benzene rings is 1. The third-order valence-electron chi connectivity index (χ3n) is 3.16. The molecule has 1 aromatic carbocycles. The van der Waals surface area contributed by atoms with Crippen LogP contribution in [0.25, 0.3) is 0 Å². The smallest absolute Gasteiger partial charge is 0.248 e. The van der Waals surface area contributed by atoms with E-state index in [1.807, 2.05) is 23.9 Å². The number of thioether (sulfide) groups is 1. The molecule has 0 aromatic heterocycles. The van der Waals surface area contributed by atoms with Crippen molar-refractivity contribution in [3.63, 3.8) is 0 Å². The first kappa shape index (κ1) is 17.4. The second kappa shape index (κ2) is 7.93. The minimum Gasteiger partial charge on any atom is -0.366 e. The van der Waals surface area contributed by atoms with Crippen LogP contribution in [0.5, 0.6) is 0 Å². The van der Waals surface area contributed by atoms with E-state index in [0.29, 0.717) is 12.1 Å². The standard InChI is InChI=1S/C15H24N4OS/c1-15(2,21-4)10-19-14(17-3)18-9-11-5-7-12(8-6-11)13(16)20/h5-8H,9-10H2,1-4H3,(H2,16,20)(H2,17,18,19). The Kier molecular flexibility index (Phi) is 6.55. The van der Waals surface area contributed by atoms with Crippen LogP contribution in [-0.4, -0.2) is 36.5 Å². The Labute approximate surface area is 130 Å². The Hall–Kier alpha value is -1.69. The van der Waals surface area contributed by atoms with Gasteiger partial charge in [-0.3, -0.25) is 9.79 Å². The molecule has 0 aliphatic heterocycles. The number of amides is 1. The lowest BCUT2D eigenvalue weighted by atomic mass is 10.1. The van der Waals surface area contributed by atoms with E-state index < -0.39 is 5.91 Å². The number of carbonyl (C=O) groups is 1. The lowest BCUT2D eigenvalue weighted by molar-refractivity contribution is 0.100. The summed E-state index contributed by atoms with van der Waals surface area (Å²) in [6.45, 7) is 5.83. The number of carbonyl (C=O) groups excluding carboxylic acids is 1. The summed E-state index contributed by atoms with van der Waals surface area (Å²) in [4.78, 5) is 15.2. The molecule has 21 heavy (non-hydrogen) atoms. The molecular weight excluding hydrogens is 284 g/mol. The van der Waals surface area contributed by atoms with Crippen LogP contribution in [0, 0.1) is 0 Å². The number of primary amides is 1. The highest BCUT2D eigenvalue weighted by Crippen LogP contribution is 2.19. The number of nitrogens with zero attached hydrogens (tertiary/aromatic N) is 1. The van der Waals surface area contributed by atoms with Gasteiger partial charge in [-0.05, 0) is 37.8 Å². The number of hydrogen-bond donors (Lipinski definition) is 3. The van der Waals surface area contributed by atoms with E-state index in [-0.39, 0.29) is 4.75 Å². The molecule has 0 aliphatic rings. The summed E-state index contributed by atoms with van der Waals surface area (Å²) in [5.74, 6) is 0.349. The van der Waals surface area contributed by atoms with Crippen LogP contribution in [0.3, 0.4) is 0 Å². The van der Waals surface area contributed by atoms with Gasteiger partial charge in [0.15, 0.2) is 5.96 Å². The molecule has 1 amide bonds. The average molecular weight is 308 g/mol. The summed E-state index contributed by atoms with van der Waals surface area (Å²) in [5, 5.41) is 6.55. The SMILES string of the molecule is CN=C(NCc1ccc(C(N)=O)cc1)NCC(C)(C)SC. The lowest BCUT2D eigenvalue weighted by Gasteiger charge is -2.23. The van der Waals surface area contributed by atoms with E-state index in [1.54, 1.807) is 19.2 Å². The first-order valence-corrected chi connectivity index (χ1v) is 7.99. The Balaban J connectivity index is 2.50. The summed E-state index contributed by atoms with van der Waals surface area (Å²) < 4.78 is 0.154. The van der Waals surface area contributed by atoms with Gasteiger partial charge in [0.1, 0.15) is 0 Å². The van der Waals surface area contributed by atoms with E-state index >= 15 is 0 Å². The molecule has 0 atom stereocenters. The maximum Gasteiger partial charge on any atom is 0.248 e. The zero-order valence-electron chi connectivity index (χ0n) is 13.1. The molecule has 1 rings (SSSR count). The van der Waals surface area contributed by atoms with Gasteiger partial charge in [0.2, 0.25) is 5.91 Å². The Morgan fingerprint density at radius 3 is 2.38 bits per heavy atom. The summed E-state index contributed by atoms with van der Waals surface area (Å²) >= 11 is 1.81. The van der Waals surface area contributed by atoms with E-state index in [2.05, 4.69) is 35.7 Å². The largest absolute Gasteiger partial charge is 0.366 e. The molecule has 6 heteroatoms. The molecule has 0 spiro atoms. The fourth-order valence-electron chi connectivity index (χ4n) is 1.56. The van der Waals surface area contributed by atoms with Crippen molar-refractivity contribution in [2.45, 2.75) is 25.1 Å². The fourth-order valence-corrected chi connectivity index (χ4v) is 1.78. The minimum absolute atomic E-state index is 0.154. The first-order chi connectivity index (χ1) is 9.88. The predicted octanol–water partition coefficient (Wildman–Crippen LogP) is 1.59. The maximum absolute atomic E-state index is 11.0. The number of aliphatic imine (C=N–C) groups is 1. The van der Waals surface area contributed by atoms with E-state index in [4.69, 9.17) is 5.73 Å². The molecule has 5 nitrogen and oxygen atoms in total. The van der Waals surface area contributed by atoms with Crippen LogP contribution in [0.1, 0.15) is 29.8 Å². The van der Waals surface area contributed by atoms with Crippen molar-refractivity contribution in [1.82, 2.24) is 10.6 Å². The van der Waals surface area contributed by atoms with Crippen LogP contribution < -0.4 is 16.4 Å². The molecule has 0 radical (unpaired) electrons. The molecule has 0 heterocycles. The van der Waals surface area contributed by atoms with Gasteiger partial charge in [0.25, 0.3) is 0 Å². The Bertz CT molecular complexity index is 497. The highest BCUT2D eigenvalue weighted by Gasteiger charge is 2.15. The fraction of sp³-hybridized carbons (Fsp3) is 0.467. The average Bonchev–Trinajstić information content (AvgIpc) is 2.48. The van der Waals surface area contributed by atoms with Crippen LogP contribution >= 0.6 is 11.8 Å². The van der Waals surface area contributed by atoms with Crippen LogP contribution in [-0.2, 0) is 6.54 Å². The van der Waals surface area contributed by atoms with Gasteiger partial charge in [-0.25, -0.2) is 0 Å². The minimum atomic E-state index is -0.411. The quantitative estimate of drug-likeness (QED) is 0.551. The van der Waals surface area contributed by atoms with Crippen LogP contribution in [0.4, 0.5) is 0 Å². The van der Waals surface area contributed by atoms with Crippen LogP contribution in [0.15, 0.2) is 29.3 Å². The van der Waals surface area contributed by atoms with Crippen molar-refractivity contribution in [2.24, 2.45) is 10.7 Å². The molecule has 0 saturated carbocycles. The molecular formula is C15H24N4OS. The number of hydrogen-bond acceptors (Lipinski definition) is 3. The third-order valence-corrected chi connectivity index (χ3v) is 4.41. The molecule has 0 bridgehead atoms. The topological polar surface area (TPSA) is 79.5 Å². The van der Waals surface area contributed by atoms with Crippen molar-refractivity contribution < 1.29 is 4.79 Å². The third kappa shape index (κ3) is 6.08. The zero-order valence-corrected chi connectivity index (χ0v) is 13.9. The van der Waals surface area contributed by atoms with Crippen molar-refractivity contribution in [1.29, 1.82) is 0 Å². The lowest BCUT2D eigenvalue weighted by Crippen LogP contribution is -2.42. The van der Waals surface area contributed by atoms with Gasteiger partial charge in [-0.2, -0.15) is 11.8 Å². The zero-order chi connectivity index (χ0) is 15.9. The van der Waals surface area contributed by atoms with Gasteiger partial charge in [-0.1, -0.05) is 12.1 Å².